The Labute approximate surface area is 117 Å². The van der Waals surface area contributed by atoms with Gasteiger partial charge in [-0.15, -0.1) is 0 Å². The van der Waals surface area contributed by atoms with Crippen LogP contribution >= 0.6 is 0 Å². The molecule has 3 rings (SSSR count). The van der Waals surface area contributed by atoms with E-state index in [2.05, 4.69) is 5.32 Å². The third-order valence-electron chi connectivity index (χ3n) is 4.57. The minimum Gasteiger partial charge on any atom is -0.338 e. The smallest absolute Gasteiger partial charge is 0.259 e. The standard InChI is InChI=1S/C15H18F2N2O/c16-11-2-1-3-12(17)13(11)14(20)19-9-6-15(10-19)4-7-18-8-5-15/h1-3,18H,4-10H2. The highest BCUT2D eigenvalue weighted by atomic mass is 19.1. The van der Waals surface area contributed by atoms with Crippen LogP contribution in [0.2, 0.25) is 0 Å². The van der Waals surface area contributed by atoms with Crippen molar-refractivity contribution in [2.24, 2.45) is 5.41 Å². The van der Waals surface area contributed by atoms with E-state index in [1.165, 1.54) is 6.07 Å². The summed E-state index contributed by atoms with van der Waals surface area (Å²) in [7, 11) is 0. The summed E-state index contributed by atoms with van der Waals surface area (Å²) in [6.45, 7) is 3.11. The number of hydrogen-bond acceptors (Lipinski definition) is 2. The third kappa shape index (κ3) is 2.30. The molecule has 2 aliphatic rings. The van der Waals surface area contributed by atoms with Crippen molar-refractivity contribution >= 4 is 5.91 Å². The second kappa shape index (κ2) is 5.13. The van der Waals surface area contributed by atoms with Crippen molar-refractivity contribution in [2.45, 2.75) is 19.3 Å². The lowest BCUT2D eigenvalue weighted by Gasteiger charge is -2.33. The van der Waals surface area contributed by atoms with Crippen LogP contribution in [0.3, 0.4) is 0 Å². The number of hydrogen-bond donors (Lipinski definition) is 1. The largest absolute Gasteiger partial charge is 0.338 e. The lowest BCUT2D eigenvalue weighted by molar-refractivity contribution is 0.0752. The first-order chi connectivity index (χ1) is 9.61. The SMILES string of the molecule is O=C(c1c(F)cccc1F)N1CCC2(CCNCC2)C1. The molecule has 5 heteroatoms. The quantitative estimate of drug-likeness (QED) is 0.855. The lowest BCUT2D eigenvalue weighted by Crippen LogP contribution is -2.40. The number of likely N-dealkylation sites (tertiary alicyclic amines) is 1. The highest BCUT2D eigenvalue weighted by Crippen LogP contribution is 2.39. The molecule has 1 aromatic rings. The Bertz CT molecular complexity index is 506. The van der Waals surface area contributed by atoms with Crippen molar-refractivity contribution < 1.29 is 13.6 Å². The van der Waals surface area contributed by atoms with Gasteiger partial charge in [0, 0.05) is 13.1 Å². The fourth-order valence-electron chi connectivity index (χ4n) is 3.33. The molecule has 2 saturated heterocycles. The molecule has 1 spiro atoms. The Morgan fingerprint density at radius 2 is 1.80 bits per heavy atom. The average molecular weight is 280 g/mol. The molecule has 108 valence electrons. The zero-order chi connectivity index (χ0) is 14.2. The van der Waals surface area contributed by atoms with Crippen molar-refractivity contribution in [1.82, 2.24) is 10.2 Å². The van der Waals surface area contributed by atoms with Gasteiger partial charge in [-0.05, 0) is 49.9 Å². The first kappa shape index (κ1) is 13.5. The zero-order valence-electron chi connectivity index (χ0n) is 11.3. The van der Waals surface area contributed by atoms with Crippen molar-refractivity contribution in [3.63, 3.8) is 0 Å². The third-order valence-corrected chi connectivity index (χ3v) is 4.57. The number of carbonyl (C=O) groups is 1. The summed E-state index contributed by atoms with van der Waals surface area (Å²) in [6, 6.07) is 3.54. The summed E-state index contributed by atoms with van der Waals surface area (Å²) in [5.74, 6) is -2.07. The summed E-state index contributed by atoms with van der Waals surface area (Å²) >= 11 is 0. The van der Waals surface area contributed by atoms with Gasteiger partial charge < -0.3 is 10.2 Å². The molecule has 0 bridgehead atoms. The molecular formula is C15H18F2N2O. The molecule has 20 heavy (non-hydrogen) atoms. The second-order valence-corrected chi connectivity index (χ2v) is 5.82. The Hall–Kier alpha value is -1.49. The Morgan fingerprint density at radius 1 is 1.15 bits per heavy atom. The second-order valence-electron chi connectivity index (χ2n) is 5.82. The van der Waals surface area contributed by atoms with Crippen LogP contribution in [-0.2, 0) is 0 Å². The lowest BCUT2D eigenvalue weighted by atomic mass is 9.78. The number of rotatable bonds is 1. The fraction of sp³-hybridized carbons (Fsp3) is 0.533. The van der Waals surface area contributed by atoms with Crippen molar-refractivity contribution in [2.75, 3.05) is 26.2 Å². The molecule has 0 saturated carbocycles. The molecule has 3 nitrogen and oxygen atoms in total. The average Bonchev–Trinajstić information content (AvgIpc) is 2.83. The van der Waals surface area contributed by atoms with E-state index in [9.17, 15) is 13.6 Å². The van der Waals surface area contributed by atoms with Crippen LogP contribution in [0.1, 0.15) is 29.6 Å². The summed E-state index contributed by atoms with van der Waals surface area (Å²) < 4.78 is 27.4. The van der Waals surface area contributed by atoms with Gasteiger partial charge in [-0.2, -0.15) is 0 Å². The molecule has 2 fully saturated rings. The zero-order valence-corrected chi connectivity index (χ0v) is 11.3. The van der Waals surface area contributed by atoms with Crippen LogP contribution in [0.4, 0.5) is 8.78 Å². The molecule has 0 atom stereocenters. The molecule has 0 unspecified atom stereocenters. The van der Waals surface area contributed by atoms with Gasteiger partial charge in [0.25, 0.3) is 5.91 Å². The minimum atomic E-state index is -0.777. The van der Waals surface area contributed by atoms with Crippen LogP contribution in [-0.4, -0.2) is 37.0 Å². The highest BCUT2D eigenvalue weighted by molar-refractivity contribution is 5.95. The molecule has 1 N–H and O–H groups in total. The number of piperidine rings is 1. The first-order valence-electron chi connectivity index (χ1n) is 7.05. The minimum absolute atomic E-state index is 0.142. The topological polar surface area (TPSA) is 32.3 Å². The molecule has 0 radical (unpaired) electrons. The van der Waals surface area contributed by atoms with Crippen LogP contribution in [0.15, 0.2) is 18.2 Å². The van der Waals surface area contributed by atoms with Gasteiger partial charge in [0.2, 0.25) is 0 Å². The molecular weight excluding hydrogens is 262 g/mol. The Kier molecular flexibility index (Phi) is 3.46. The highest BCUT2D eigenvalue weighted by Gasteiger charge is 2.41. The van der Waals surface area contributed by atoms with Crippen molar-refractivity contribution in [3.05, 3.63) is 35.4 Å². The number of halogens is 2. The number of benzene rings is 1. The van der Waals surface area contributed by atoms with E-state index < -0.39 is 23.1 Å². The summed E-state index contributed by atoms with van der Waals surface area (Å²) in [6.07, 6.45) is 2.98. The van der Waals surface area contributed by atoms with Crippen LogP contribution < -0.4 is 5.32 Å². The number of nitrogens with zero attached hydrogens (tertiary/aromatic N) is 1. The van der Waals surface area contributed by atoms with Gasteiger partial charge in [-0.25, -0.2) is 8.78 Å². The molecule has 0 aliphatic carbocycles. The van der Waals surface area contributed by atoms with E-state index in [-0.39, 0.29) is 5.41 Å². The Balaban J connectivity index is 1.79. The first-order valence-corrected chi connectivity index (χ1v) is 7.05. The number of amides is 1. The van der Waals surface area contributed by atoms with Crippen LogP contribution in [0.25, 0.3) is 0 Å². The van der Waals surface area contributed by atoms with E-state index in [0.29, 0.717) is 13.1 Å². The predicted octanol–water partition coefficient (Wildman–Crippen LogP) is 2.18. The summed E-state index contributed by atoms with van der Waals surface area (Å²) in [4.78, 5) is 13.9. The normalized spacial score (nSPS) is 21.4. The maximum absolute atomic E-state index is 13.7. The van der Waals surface area contributed by atoms with Gasteiger partial charge in [-0.3, -0.25) is 4.79 Å². The van der Waals surface area contributed by atoms with Crippen LogP contribution in [0, 0.1) is 17.0 Å². The summed E-state index contributed by atoms with van der Waals surface area (Å²) in [5, 5.41) is 3.31. The predicted molar refractivity (Wildman–Crippen MR) is 71.4 cm³/mol. The maximum Gasteiger partial charge on any atom is 0.259 e. The van der Waals surface area contributed by atoms with Gasteiger partial charge in [-0.1, -0.05) is 6.07 Å². The molecule has 2 aliphatic heterocycles. The number of carbonyl (C=O) groups excluding carboxylic acids is 1. The van der Waals surface area contributed by atoms with Crippen LogP contribution in [0.5, 0.6) is 0 Å². The van der Waals surface area contributed by atoms with Gasteiger partial charge in [0.1, 0.15) is 17.2 Å². The molecule has 2 heterocycles. The summed E-state index contributed by atoms with van der Waals surface area (Å²) in [5.41, 5.74) is -0.277. The monoisotopic (exact) mass is 280 g/mol. The number of nitrogens with one attached hydrogen (secondary N) is 1. The molecule has 1 aromatic carbocycles. The van der Waals surface area contributed by atoms with E-state index in [1.807, 2.05) is 0 Å². The van der Waals surface area contributed by atoms with E-state index >= 15 is 0 Å². The van der Waals surface area contributed by atoms with Gasteiger partial charge in [0.05, 0.1) is 0 Å². The Morgan fingerprint density at radius 3 is 2.45 bits per heavy atom. The van der Waals surface area contributed by atoms with Gasteiger partial charge >= 0.3 is 0 Å². The van der Waals surface area contributed by atoms with E-state index in [0.717, 1.165) is 44.5 Å². The molecule has 1 amide bonds. The molecule has 0 aromatic heterocycles. The van der Waals surface area contributed by atoms with E-state index in [4.69, 9.17) is 0 Å². The maximum atomic E-state index is 13.7. The fourth-order valence-corrected chi connectivity index (χ4v) is 3.33. The van der Waals surface area contributed by atoms with Crippen molar-refractivity contribution in [1.29, 1.82) is 0 Å². The van der Waals surface area contributed by atoms with Crippen molar-refractivity contribution in [3.8, 4) is 0 Å². The van der Waals surface area contributed by atoms with Gasteiger partial charge in [0.15, 0.2) is 0 Å². The van der Waals surface area contributed by atoms with E-state index in [1.54, 1.807) is 4.90 Å².